The quantitative estimate of drug-likeness (QED) is 0.441. The van der Waals surface area contributed by atoms with Crippen molar-refractivity contribution in [1.82, 2.24) is 0 Å². The predicted molar refractivity (Wildman–Crippen MR) is 57.0 cm³/mol. The van der Waals surface area contributed by atoms with Crippen LogP contribution in [-0.2, 0) is 0 Å². The summed E-state index contributed by atoms with van der Waals surface area (Å²) >= 11 is 1.94. The van der Waals surface area contributed by atoms with Crippen molar-refractivity contribution < 1.29 is 0 Å². The van der Waals surface area contributed by atoms with E-state index in [9.17, 15) is 0 Å². The summed E-state index contributed by atoms with van der Waals surface area (Å²) in [6.07, 6.45) is 3.49. The molecule has 0 aromatic rings. The highest BCUT2D eigenvalue weighted by Gasteiger charge is 1.80. The molecule has 10 heavy (non-hydrogen) atoms. The summed E-state index contributed by atoms with van der Waals surface area (Å²) in [7, 11) is 0. The lowest BCUT2D eigenvalue weighted by molar-refractivity contribution is 1.50. The molecule has 1 nitrogen and oxygen atoms in total. The van der Waals surface area contributed by atoms with Gasteiger partial charge in [0.25, 0.3) is 0 Å². The normalized spacial score (nSPS) is 9.40. The van der Waals surface area contributed by atoms with Gasteiger partial charge in [-0.1, -0.05) is 26.5 Å². The van der Waals surface area contributed by atoms with Crippen LogP contribution in [0.25, 0.3) is 0 Å². The summed E-state index contributed by atoms with van der Waals surface area (Å²) in [6.45, 7) is 9.46. The van der Waals surface area contributed by atoms with Crippen molar-refractivity contribution in [3.8, 4) is 0 Å². The average molecular weight is 251 g/mol. The van der Waals surface area contributed by atoms with Crippen molar-refractivity contribution in [2.75, 3.05) is 0 Å². The average Bonchev–Trinajstić information content (AvgIpc) is 1.91. The van der Waals surface area contributed by atoms with Gasteiger partial charge in [0.2, 0.25) is 0 Å². The minimum atomic E-state index is 0.542. The Bertz CT molecular complexity index is 136. The topological polar surface area (TPSA) is 23.9 Å². The third kappa shape index (κ3) is 10.8. The van der Waals surface area contributed by atoms with E-state index in [1.165, 1.54) is 0 Å². The molecule has 0 aliphatic carbocycles. The van der Waals surface area contributed by atoms with Gasteiger partial charge in [-0.25, -0.2) is 0 Å². The highest BCUT2D eigenvalue weighted by molar-refractivity contribution is 14.1. The van der Waals surface area contributed by atoms with Gasteiger partial charge in [0.1, 0.15) is 0 Å². The molecule has 0 rings (SSSR count). The Labute approximate surface area is 76.9 Å². The maximum atomic E-state index is 6.99. The Morgan fingerprint density at radius 1 is 1.50 bits per heavy atom. The Hall–Kier alpha value is -0.120. The Kier molecular flexibility index (Phi) is 11.1. The Balaban J connectivity index is 0. The Morgan fingerprint density at radius 2 is 1.90 bits per heavy atom. The van der Waals surface area contributed by atoms with Crippen LogP contribution >= 0.6 is 22.6 Å². The van der Waals surface area contributed by atoms with Crippen molar-refractivity contribution in [3.05, 3.63) is 24.3 Å². The lowest BCUT2D eigenvalue weighted by Crippen LogP contribution is -1.74. The predicted octanol–water partition coefficient (Wildman–Crippen LogP) is 3.56. The zero-order chi connectivity index (χ0) is 8.57. The van der Waals surface area contributed by atoms with E-state index < -0.39 is 0 Å². The molecule has 0 atom stereocenters. The molecule has 0 radical (unpaired) electrons. The standard InChI is InChI=1S/C6H8IN.C2H6/c1-3-5(2)4-6(7)8;1-2/h3-4,8H,1H2,2H3;1-2H3/b5-4-,8-6?;. The van der Waals surface area contributed by atoms with Gasteiger partial charge in [-0.3, -0.25) is 5.41 Å². The van der Waals surface area contributed by atoms with Gasteiger partial charge in [0.15, 0.2) is 0 Å². The van der Waals surface area contributed by atoms with Gasteiger partial charge in [-0.2, -0.15) is 0 Å². The van der Waals surface area contributed by atoms with Crippen LogP contribution in [0.5, 0.6) is 0 Å². The molecule has 58 valence electrons. The van der Waals surface area contributed by atoms with Crippen LogP contribution in [0, 0.1) is 5.41 Å². The highest BCUT2D eigenvalue weighted by atomic mass is 127. The zero-order valence-electron chi connectivity index (χ0n) is 6.74. The first kappa shape index (κ1) is 12.5. The Morgan fingerprint density at radius 3 is 2.00 bits per heavy atom. The van der Waals surface area contributed by atoms with Crippen LogP contribution in [0.2, 0.25) is 0 Å². The van der Waals surface area contributed by atoms with Gasteiger partial charge in [0, 0.05) is 0 Å². The van der Waals surface area contributed by atoms with Crippen LogP contribution in [0.3, 0.4) is 0 Å². The highest BCUT2D eigenvalue weighted by Crippen LogP contribution is 1.96. The maximum absolute atomic E-state index is 6.99. The molecular weight excluding hydrogens is 237 g/mol. The molecule has 0 bridgehead atoms. The lowest BCUT2D eigenvalue weighted by Gasteiger charge is -1.84. The molecule has 0 saturated heterocycles. The zero-order valence-corrected chi connectivity index (χ0v) is 8.90. The number of hydrogen-bond acceptors (Lipinski definition) is 1. The van der Waals surface area contributed by atoms with Crippen LogP contribution in [0.4, 0.5) is 0 Å². The molecular formula is C8H14IN. The van der Waals surface area contributed by atoms with Crippen LogP contribution < -0.4 is 0 Å². The number of nitrogens with one attached hydrogen (secondary N) is 1. The summed E-state index contributed by atoms with van der Waals surface area (Å²) in [5, 5.41) is 6.99. The summed E-state index contributed by atoms with van der Waals surface area (Å²) in [5.74, 6) is 0. The number of halogens is 1. The first-order chi connectivity index (χ1) is 4.66. The van der Waals surface area contributed by atoms with Gasteiger partial charge >= 0.3 is 0 Å². The SMILES string of the molecule is C=C/C(C)=C\C(=N)I.CC. The number of hydrogen-bond donors (Lipinski definition) is 1. The lowest BCUT2D eigenvalue weighted by atomic mass is 10.3. The monoisotopic (exact) mass is 251 g/mol. The first-order valence-corrected chi connectivity index (χ1v) is 4.29. The fraction of sp³-hybridized carbons (Fsp3) is 0.375. The van der Waals surface area contributed by atoms with E-state index in [4.69, 9.17) is 5.41 Å². The van der Waals surface area contributed by atoms with Crippen molar-refractivity contribution in [3.63, 3.8) is 0 Å². The van der Waals surface area contributed by atoms with E-state index in [1.807, 2.05) is 43.4 Å². The maximum Gasteiger partial charge on any atom is 0.0922 e. The van der Waals surface area contributed by atoms with Gasteiger partial charge in [-0.15, -0.1) is 0 Å². The molecule has 0 amide bonds. The molecule has 0 aromatic heterocycles. The molecule has 2 heteroatoms. The number of rotatable bonds is 2. The molecule has 1 N–H and O–H groups in total. The van der Waals surface area contributed by atoms with Crippen molar-refractivity contribution >= 4 is 26.3 Å². The molecule has 0 aromatic carbocycles. The summed E-state index contributed by atoms with van der Waals surface area (Å²) < 4.78 is 0.542. The van der Waals surface area contributed by atoms with Crippen molar-refractivity contribution in [2.24, 2.45) is 0 Å². The van der Waals surface area contributed by atoms with E-state index in [0.717, 1.165) is 5.57 Å². The molecule has 0 heterocycles. The van der Waals surface area contributed by atoms with Crippen LogP contribution in [-0.4, -0.2) is 3.72 Å². The fourth-order valence-corrected chi connectivity index (χ4v) is 0.750. The summed E-state index contributed by atoms with van der Waals surface area (Å²) in [4.78, 5) is 0. The first-order valence-electron chi connectivity index (χ1n) is 3.21. The number of allylic oxidation sites excluding steroid dienone is 3. The van der Waals surface area contributed by atoms with Gasteiger partial charge in [0.05, 0.1) is 3.72 Å². The van der Waals surface area contributed by atoms with Gasteiger partial charge < -0.3 is 0 Å². The second kappa shape index (κ2) is 8.88. The van der Waals surface area contributed by atoms with Crippen molar-refractivity contribution in [2.45, 2.75) is 20.8 Å². The summed E-state index contributed by atoms with van der Waals surface area (Å²) in [5.41, 5.74) is 1.03. The molecule has 0 unspecified atom stereocenters. The third-order valence-electron chi connectivity index (χ3n) is 0.676. The molecule has 0 saturated carbocycles. The molecule has 0 fully saturated rings. The fourth-order valence-electron chi connectivity index (χ4n) is 0.259. The smallest absolute Gasteiger partial charge is 0.0922 e. The van der Waals surface area contributed by atoms with E-state index >= 15 is 0 Å². The van der Waals surface area contributed by atoms with E-state index in [0.29, 0.717) is 3.72 Å². The molecule has 0 aliphatic rings. The van der Waals surface area contributed by atoms with Crippen molar-refractivity contribution in [1.29, 1.82) is 5.41 Å². The van der Waals surface area contributed by atoms with Gasteiger partial charge in [-0.05, 0) is 41.2 Å². The van der Waals surface area contributed by atoms with E-state index in [2.05, 4.69) is 6.58 Å². The molecule has 0 spiro atoms. The molecule has 0 aliphatic heterocycles. The minimum Gasteiger partial charge on any atom is -0.294 e. The van der Waals surface area contributed by atoms with E-state index in [-0.39, 0.29) is 0 Å². The third-order valence-corrected chi connectivity index (χ3v) is 0.988. The minimum absolute atomic E-state index is 0.542. The second-order valence-electron chi connectivity index (χ2n) is 1.44. The van der Waals surface area contributed by atoms with E-state index in [1.54, 1.807) is 12.2 Å². The van der Waals surface area contributed by atoms with Crippen LogP contribution in [0.15, 0.2) is 24.3 Å². The summed E-state index contributed by atoms with van der Waals surface area (Å²) in [6, 6.07) is 0. The largest absolute Gasteiger partial charge is 0.294 e. The van der Waals surface area contributed by atoms with Crippen LogP contribution in [0.1, 0.15) is 20.8 Å². The second-order valence-corrected chi connectivity index (χ2v) is 2.60.